The molecule has 7 nitrogen and oxygen atoms in total. The van der Waals surface area contributed by atoms with E-state index in [0.29, 0.717) is 24.8 Å². The molecule has 0 aliphatic carbocycles. The standard InChI is InChI=1S/C21H20N4O3S2/c1-28-12-18-24-20(23-11-14-7-9-16(10-8-14)30(22,26)27)19-17(13-29-21(19)25-18)15-5-3-2-4-6-15/h2-10,13H,11-12H2,1H3,(H2,22,26,27)(H,23,24,25). The van der Waals surface area contributed by atoms with Crippen LogP contribution in [0.5, 0.6) is 0 Å². The first-order valence-electron chi connectivity index (χ1n) is 9.14. The number of methoxy groups -OCH3 is 1. The van der Waals surface area contributed by atoms with Crippen molar-refractivity contribution in [2.45, 2.75) is 18.0 Å². The number of hydrogen-bond acceptors (Lipinski definition) is 7. The van der Waals surface area contributed by atoms with Gasteiger partial charge in [0.25, 0.3) is 0 Å². The fourth-order valence-electron chi connectivity index (χ4n) is 3.12. The third kappa shape index (κ3) is 4.34. The summed E-state index contributed by atoms with van der Waals surface area (Å²) in [7, 11) is -2.10. The van der Waals surface area contributed by atoms with Gasteiger partial charge in [0.15, 0.2) is 5.82 Å². The average molecular weight is 441 g/mol. The zero-order chi connectivity index (χ0) is 21.1. The number of nitrogens with one attached hydrogen (secondary N) is 1. The Kier molecular flexibility index (Phi) is 5.78. The molecule has 0 fully saturated rings. The van der Waals surface area contributed by atoms with E-state index in [1.54, 1.807) is 30.6 Å². The number of fused-ring (bicyclic) bond motifs is 1. The predicted molar refractivity (Wildman–Crippen MR) is 119 cm³/mol. The number of rotatable bonds is 7. The lowest BCUT2D eigenvalue weighted by Gasteiger charge is -2.11. The van der Waals surface area contributed by atoms with E-state index in [9.17, 15) is 8.42 Å². The molecule has 0 bridgehead atoms. The first kappa shape index (κ1) is 20.4. The van der Waals surface area contributed by atoms with Crippen LogP contribution in [0.15, 0.2) is 64.9 Å². The number of thiophene rings is 1. The number of nitrogens with two attached hydrogens (primary N) is 1. The lowest BCUT2D eigenvalue weighted by Crippen LogP contribution is -2.12. The zero-order valence-corrected chi connectivity index (χ0v) is 17.8. The molecule has 2 aromatic heterocycles. The van der Waals surface area contributed by atoms with Crippen LogP contribution >= 0.6 is 11.3 Å². The number of ether oxygens (including phenoxy) is 1. The van der Waals surface area contributed by atoms with E-state index in [2.05, 4.69) is 32.8 Å². The predicted octanol–water partition coefficient (Wildman–Crippen LogP) is 3.76. The molecular weight excluding hydrogens is 420 g/mol. The van der Waals surface area contributed by atoms with Crippen molar-refractivity contribution in [2.24, 2.45) is 5.14 Å². The molecule has 9 heteroatoms. The second-order valence-electron chi connectivity index (χ2n) is 6.66. The van der Waals surface area contributed by atoms with Gasteiger partial charge in [0, 0.05) is 24.6 Å². The van der Waals surface area contributed by atoms with Crippen molar-refractivity contribution in [2.75, 3.05) is 12.4 Å². The van der Waals surface area contributed by atoms with Gasteiger partial charge >= 0.3 is 0 Å². The zero-order valence-electron chi connectivity index (χ0n) is 16.2. The Hall–Kier alpha value is -2.85. The minimum absolute atomic E-state index is 0.0854. The molecule has 0 aliphatic rings. The van der Waals surface area contributed by atoms with Crippen LogP contribution in [0.4, 0.5) is 5.82 Å². The van der Waals surface area contributed by atoms with Crippen molar-refractivity contribution in [3.8, 4) is 11.1 Å². The highest BCUT2D eigenvalue weighted by Gasteiger charge is 2.15. The monoisotopic (exact) mass is 440 g/mol. The normalized spacial score (nSPS) is 11.7. The molecule has 2 aromatic carbocycles. The number of anilines is 1. The quantitative estimate of drug-likeness (QED) is 0.453. The van der Waals surface area contributed by atoms with Gasteiger partial charge in [-0.15, -0.1) is 11.3 Å². The Labute approximate surface area is 178 Å². The molecule has 0 saturated carbocycles. The summed E-state index contributed by atoms with van der Waals surface area (Å²) in [6.45, 7) is 0.778. The van der Waals surface area contributed by atoms with Crippen LogP contribution in [0.2, 0.25) is 0 Å². The summed E-state index contributed by atoms with van der Waals surface area (Å²) >= 11 is 1.56. The fraction of sp³-hybridized carbons (Fsp3) is 0.143. The highest BCUT2D eigenvalue weighted by atomic mass is 32.2. The van der Waals surface area contributed by atoms with E-state index in [1.807, 2.05) is 18.2 Å². The van der Waals surface area contributed by atoms with Gasteiger partial charge in [0.1, 0.15) is 17.3 Å². The number of nitrogens with zero attached hydrogens (tertiary/aromatic N) is 2. The molecule has 3 N–H and O–H groups in total. The number of primary sulfonamides is 1. The highest BCUT2D eigenvalue weighted by Crippen LogP contribution is 2.37. The topological polar surface area (TPSA) is 107 Å². The summed E-state index contributed by atoms with van der Waals surface area (Å²) in [5, 5.41) is 11.6. The first-order valence-corrected chi connectivity index (χ1v) is 11.6. The van der Waals surface area contributed by atoms with E-state index in [-0.39, 0.29) is 4.90 Å². The van der Waals surface area contributed by atoms with Crippen molar-refractivity contribution in [1.29, 1.82) is 0 Å². The molecule has 0 unspecified atom stereocenters. The van der Waals surface area contributed by atoms with Crippen molar-refractivity contribution in [3.05, 3.63) is 71.4 Å². The van der Waals surface area contributed by atoms with E-state index in [0.717, 1.165) is 26.9 Å². The smallest absolute Gasteiger partial charge is 0.238 e. The Bertz CT molecular complexity index is 1270. The largest absolute Gasteiger partial charge is 0.377 e. The Balaban J connectivity index is 1.70. The van der Waals surface area contributed by atoms with Gasteiger partial charge in [0.05, 0.1) is 10.3 Å². The Morgan fingerprint density at radius 1 is 1.07 bits per heavy atom. The highest BCUT2D eigenvalue weighted by molar-refractivity contribution is 7.89. The molecule has 4 aromatic rings. The van der Waals surface area contributed by atoms with Gasteiger partial charge in [-0.25, -0.2) is 23.5 Å². The molecule has 0 aliphatic heterocycles. The second-order valence-corrected chi connectivity index (χ2v) is 9.08. The minimum Gasteiger partial charge on any atom is -0.377 e. The Morgan fingerprint density at radius 3 is 2.47 bits per heavy atom. The van der Waals surface area contributed by atoms with Crippen LogP contribution in [0.3, 0.4) is 0 Å². The number of aromatic nitrogens is 2. The number of sulfonamides is 1. The maximum Gasteiger partial charge on any atom is 0.238 e. The average Bonchev–Trinajstić information content (AvgIpc) is 3.17. The van der Waals surface area contributed by atoms with Crippen molar-refractivity contribution < 1.29 is 13.2 Å². The molecule has 2 heterocycles. The molecule has 0 radical (unpaired) electrons. The first-order chi connectivity index (χ1) is 14.5. The third-order valence-corrected chi connectivity index (χ3v) is 6.35. The fourth-order valence-corrected chi connectivity index (χ4v) is 4.60. The van der Waals surface area contributed by atoms with Gasteiger partial charge in [0.2, 0.25) is 10.0 Å². The molecule has 30 heavy (non-hydrogen) atoms. The van der Waals surface area contributed by atoms with E-state index >= 15 is 0 Å². The summed E-state index contributed by atoms with van der Waals surface area (Å²) in [6.07, 6.45) is 0. The molecule has 154 valence electrons. The summed E-state index contributed by atoms with van der Waals surface area (Å²) in [4.78, 5) is 10.3. The molecule has 0 spiro atoms. The lowest BCUT2D eigenvalue weighted by molar-refractivity contribution is 0.178. The van der Waals surface area contributed by atoms with Crippen LogP contribution in [0, 0.1) is 0 Å². The lowest BCUT2D eigenvalue weighted by atomic mass is 10.1. The van der Waals surface area contributed by atoms with Crippen molar-refractivity contribution in [3.63, 3.8) is 0 Å². The number of benzene rings is 2. The Morgan fingerprint density at radius 2 is 1.80 bits per heavy atom. The van der Waals surface area contributed by atoms with Crippen LogP contribution in [-0.2, 0) is 27.9 Å². The molecular formula is C21H20N4O3S2. The molecule has 0 atom stereocenters. The van der Waals surface area contributed by atoms with Gasteiger partial charge in [-0.1, -0.05) is 42.5 Å². The second kappa shape index (κ2) is 8.49. The summed E-state index contributed by atoms with van der Waals surface area (Å²) in [5.74, 6) is 1.31. The maximum atomic E-state index is 11.4. The molecule has 0 saturated heterocycles. The summed E-state index contributed by atoms with van der Waals surface area (Å²) < 4.78 is 28.1. The summed E-state index contributed by atoms with van der Waals surface area (Å²) in [5.41, 5.74) is 3.05. The van der Waals surface area contributed by atoms with Gasteiger partial charge in [-0.3, -0.25) is 0 Å². The van der Waals surface area contributed by atoms with Crippen molar-refractivity contribution in [1.82, 2.24) is 9.97 Å². The van der Waals surface area contributed by atoms with Crippen LogP contribution < -0.4 is 10.5 Å². The molecule has 4 rings (SSSR count). The van der Waals surface area contributed by atoms with Crippen molar-refractivity contribution >= 4 is 37.4 Å². The van der Waals surface area contributed by atoms with Gasteiger partial charge < -0.3 is 10.1 Å². The summed E-state index contributed by atoms with van der Waals surface area (Å²) in [6, 6.07) is 16.5. The van der Waals surface area contributed by atoms with E-state index < -0.39 is 10.0 Å². The number of hydrogen-bond donors (Lipinski definition) is 2. The molecule has 0 amide bonds. The SMILES string of the molecule is COCc1nc(NCc2ccc(S(N)(=O)=O)cc2)c2c(-c3ccccc3)csc2n1. The van der Waals surface area contributed by atoms with E-state index in [4.69, 9.17) is 9.88 Å². The van der Waals surface area contributed by atoms with E-state index in [1.165, 1.54) is 12.1 Å². The van der Waals surface area contributed by atoms with Gasteiger partial charge in [-0.2, -0.15) is 0 Å². The maximum absolute atomic E-state index is 11.4. The van der Waals surface area contributed by atoms with Crippen LogP contribution in [0.25, 0.3) is 21.3 Å². The van der Waals surface area contributed by atoms with Crippen LogP contribution in [0.1, 0.15) is 11.4 Å². The third-order valence-electron chi connectivity index (χ3n) is 4.55. The minimum atomic E-state index is -3.71. The van der Waals surface area contributed by atoms with Gasteiger partial charge in [-0.05, 0) is 23.3 Å². The van der Waals surface area contributed by atoms with Crippen LogP contribution in [-0.4, -0.2) is 25.5 Å².